The lowest BCUT2D eigenvalue weighted by atomic mass is 10.1. The van der Waals surface area contributed by atoms with Crippen molar-refractivity contribution in [2.24, 2.45) is 0 Å². The Morgan fingerprint density at radius 3 is 2.74 bits per heavy atom. The highest BCUT2D eigenvalue weighted by Gasteiger charge is 2.47. The molecule has 2 saturated heterocycles. The Labute approximate surface area is 136 Å². The first-order valence-corrected chi connectivity index (χ1v) is 7.97. The van der Waals surface area contributed by atoms with Crippen molar-refractivity contribution >= 4 is 11.8 Å². The predicted molar refractivity (Wildman–Crippen MR) is 87.1 cm³/mol. The number of methoxy groups -OCH3 is 1. The van der Waals surface area contributed by atoms with Crippen LogP contribution in [0.15, 0.2) is 36.9 Å². The summed E-state index contributed by atoms with van der Waals surface area (Å²) in [6.07, 6.45) is 3.41. The van der Waals surface area contributed by atoms with E-state index in [1.165, 1.54) is 0 Å². The smallest absolute Gasteiger partial charge is 0.227 e. The third-order valence-corrected chi connectivity index (χ3v) is 4.78. The molecule has 2 heterocycles. The van der Waals surface area contributed by atoms with E-state index in [9.17, 15) is 9.59 Å². The SMILES string of the molecule is C=CCN1C(=O)C[C@H]2[C@H]1CCN2C(=O)Cc1ccc(OC)cc1. The number of fused-ring (bicyclic) bond motifs is 1. The van der Waals surface area contributed by atoms with Crippen molar-refractivity contribution in [1.29, 1.82) is 0 Å². The number of amides is 2. The molecule has 23 heavy (non-hydrogen) atoms. The van der Waals surface area contributed by atoms with Gasteiger partial charge < -0.3 is 14.5 Å². The van der Waals surface area contributed by atoms with Crippen LogP contribution in [0.25, 0.3) is 0 Å². The number of rotatable bonds is 5. The second-order valence-corrected chi connectivity index (χ2v) is 6.07. The maximum atomic E-state index is 12.6. The first-order valence-electron chi connectivity index (χ1n) is 7.97. The van der Waals surface area contributed by atoms with Gasteiger partial charge in [-0.25, -0.2) is 0 Å². The number of hydrogen-bond donors (Lipinski definition) is 0. The van der Waals surface area contributed by atoms with Crippen LogP contribution in [0, 0.1) is 0 Å². The predicted octanol–water partition coefficient (Wildman–Crippen LogP) is 1.63. The molecule has 0 N–H and O–H groups in total. The first kappa shape index (κ1) is 15.6. The highest BCUT2D eigenvalue weighted by atomic mass is 16.5. The van der Waals surface area contributed by atoms with Gasteiger partial charge in [0.25, 0.3) is 0 Å². The average Bonchev–Trinajstić information content (AvgIpc) is 3.08. The molecular formula is C18H22N2O3. The van der Waals surface area contributed by atoms with Gasteiger partial charge in [-0.2, -0.15) is 0 Å². The molecule has 2 aliphatic rings. The van der Waals surface area contributed by atoms with Crippen molar-refractivity contribution in [1.82, 2.24) is 9.80 Å². The summed E-state index contributed by atoms with van der Waals surface area (Å²) < 4.78 is 5.13. The Bertz CT molecular complexity index is 611. The number of carbonyl (C=O) groups excluding carboxylic acids is 2. The number of likely N-dealkylation sites (tertiary alicyclic amines) is 2. The van der Waals surface area contributed by atoms with E-state index in [1.807, 2.05) is 34.1 Å². The third-order valence-electron chi connectivity index (χ3n) is 4.78. The zero-order chi connectivity index (χ0) is 16.4. The van der Waals surface area contributed by atoms with E-state index in [2.05, 4.69) is 6.58 Å². The monoisotopic (exact) mass is 314 g/mol. The zero-order valence-electron chi connectivity index (χ0n) is 13.4. The van der Waals surface area contributed by atoms with Crippen molar-refractivity contribution in [3.63, 3.8) is 0 Å². The van der Waals surface area contributed by atoms with Gasteiger partial charge in [0.1, 0.15) is 5.75 Å². The fourth-order valence-corrected chi connectivity index (χ4v) is 3.63. The van der Waals surface area contributed by atoms with Gasteiger partial charge in [-0.15, -0.1) is 6.58 Å². The fourth-order valence-electron chi connectivity index (χ4n) is 3.63. The topological polar surface area (TPSA) is 49.9 Å². The van der Waals surface area contributed by atoms with Crippen LogP contribution in [0.4, 0.5) is 0 Å². The van der Waals surface area contributed by atoms with Crippen molar-refractivity contribution in [3.8, 4) is 5.75 Å². The molecule has 0 radical (unpaired) electrons. The van der Waals surface area contributed by atoms with Crippen LogP contribution >= 0.6 is 0 Å². The van der Waals surface area contributed by atoms with Crippen LogP contribution in [-0.4, -0.2) is 53.9 Å². The van der Waals surface area contributed by atoms with Gasteiger partial charge in [-0.05, 0) is 24.1 Å². The summed E-state index contributed by atoms with van der Waals surface area (Å²) in [5.74, 6) is 1.00. The maximum absolute atomic E-state index is 12.6. The summed E-state index contributed by atoms with van der Waals surface area (Å²) in [5, 5.41) is 0. The van der Waals surface area contributed by atoms with Gasteiger partial charge in [0.05, 0.1) is 25.6 Å². The van der Waals surface area contributed by atoms with Crippen molar-refractivity contribution in [3.05, 3.63) is 42.5 Å². The molecule has 2 atom stereocenters. The van der Waals surface area contributed by atoms with Crippen LogP contribution in [0.1, 0.15) is 18.4 Å². The molecule has 0 aromatic heterocycles. The highest BCUT2D eigenvalue weighted by Crippen LogP contribution is 2.32. The molecule has 122 valence electrons. The van der Waals surface area contributed by atoms with E-state index in [0.717, 1.165) is 24.3 Å². The lowest BCUT2D eigenvalue weighted by Crippen LogP contribution is -2.40. The van der Waals surface area contributed by atoms with Crippen LogP contribution < -0.4 is 4.74 Å². The van der Waals surface area contributed by atoms with E-state index < -0.39 is 0 Å². The van der Waals surface area contributed by atoms with Gasteiger partial charge in [0, 0.05) is 19.5 Å². The number of ether oxygens (including phenoxy) is 1. The Morgan fingerprint density at radius 1 is 1.35 bits per heavy atom. The molecule has 0 unspecified atom stereocenters. The molecule has 2 amide bonds. The minimum Gasteiger partial charge on any atom is -0.497 e. The molecule has 2 aliphatic heterocycles. The molecule has 5 nitrogen and oxygen atoms in total. The van der Waals surface area contributed by atoms with Crippen LogP contribution in [0.2, 0.25) is 0 Å². The molecule has 3 rings (SSSR count). The van der Waals surface area contributed by atoms with E-state index >= 15 is 0 Å². The second-order valence-electron chi connectivity index (χ2n) is 6.07. The summed E-state index contributed by atoms with van der Waals surface area (Å²) in [6, 6.07) is 7.72. The standard InChI is InChI=1S/C18H22N2O3/c1-3-9-19-15-8-10-20(16(15)12-18(19)22)17(21)11-13-4-6-14(23-2)7-5-13/h3-7,15-16H,1,8-12H2,2H3/t15-,16+/m1/s1. The molecule has 0 aliphatic carbocycles. The summed E-state index contributed by atoms with van der Waals surface area (Å²) in [5.41, 5.74) is 0.964. The molecule has 1 aromatic carbocycles. The normalized spacial score (nSPS) is 23.1. The van der Waals surface area contributed by atoms with E-state index in [0.29, 0.717) is 19.4 Å². The quantitative estimate of drug-likeness (QED) is 0.776. The molecule has 0 saturated carbocycles. The number of nitrogens with zero attached hydrogens (tertiary/aromatic N) is 2. The number of hydrogen-bond acceptors (Lipinski definition) is 3. The number of benzene rings is 1. The van der Waals surface area contributed by atoms with E-state index in [-0.39, 0.29) is 23.9 Å². The largest absolute Gasteiger partial charge is 0.497 e. The highest BCUT2D eigenvalue weighted by molar-refractivity contribution is 5.84. The van der Waals surface area contributed by atoms with Crippen molar-refractivity contribution in [2.75, 3.05) is 20.2 Å². The Hall–Kier alpha value is -2.30. The van der Waals surface area contributed by atoms with E-state index in [1.54, 1.807) is 13.2 Å². The Morgan fingerprint density at radius 2 is 2.09 bits per heavy atom. The van der Waals surface area contributed by atoms with Gasteiger partial charge >= 0.3 is 0 Å². The van der Waals surface area contributed by atoms with Gasteiger partial charge in [0.15, 0.2) is 0 Å². The molecule has 2 fully saturated rings. The minimum absolute atomic E-state index is 0.0215. The second kappa shape index (κ2) is 6.44. The van der Waals surface area contributed by atoms with Crippen LogP contribution in [0.5, 0.6) is 5.75 Å². The molecule has 0 bridgehead atoms. The summed E-state index contributed by atoms with van der Waals surface area (Å²) in [7, 11) is 1.62. The van der Waals surface area contributed by atoms with E-state index in [4.69, 9.17) is 4.74 Å². The lowest BCUT2D eigenvalue weighted by Gasteiger charge is -2.24. The van der Waals surface area contributed by atoms with Crippen LogP contribution in [-0.2, 0) is 16.0 Å². The van der Waals surface area contributed by atoms with Crippen molar-refractivity contribution in [2.45, 2.75) is 31.3 Å². The maximum Gasteiger partial charge on any atom is 0.227 e. The summed E-state index contributed by atoms with van der Waals surface area (Å²) >= 11 is 0. The van der Waals surface area contributed by atoms with Gasteiger partial charge in [-0.3, -0.25) is 9.59 Å². The summed E-state index contributed by atoms with van der Waals surface area (Å²) in [6.45, 7) is 5.01. The molecule has 5 heteroatoms. The van der Waals surface area contributed by atoms with Crippen LogP contribution in [0.3, 0.4) is 0 Å². The average molecular weight is 314 g/mol. The lowest BCUT2D eigenvalue weighted by molar-refractivity contribution is -0.131. The fraction of sp³-hybridized carbons (Fsp3) is 0.444. The zero-order valence-corrected chi connectivity index (χ0v) is 13.4. The minimum atomic E-state index is 0.0215. The Balaban J connectivity index is 1.66. The molecule has 1 aromatic rings. The molecular weight excluding hydrogens is 292 g/mol. The molecule has 0 spiro atoms. The van der Waals surface area contributed by atoms with Crippen molar-refractivity contribution < 1.29 is 14.3 Å². The Kier molecular flexibility index (Phi) is 4.37. The van der Waals surface area contributed by atoms with Gasteiger partial charge in [0.2, 0.25) is 11.8 Å². The van der Waals surface area contributed by atoms with Gasteiger partial charge in [-0.1, -0.05) is 18.2 Å². The number of carbonyl (C=O) groups is 2. The summed E-state index contributed by atoms with van der Waals surface area (Å²) in [4.78, 5) is 28.5. The third kappa shape index (κ3) is 2.96. The first-order chi connectivity index (χ1) is 11.1.